The van der Waals surface area contributed by atoms with Crippen molar-refractivity contribution < 1.29 is 13.6 Å². The van der Waals surface area contributed by atoms with Crippen LogP contribution in [0.2, 0.25) is 0 Å². The van der Waals surface area contributed by atoms with E-state index < -0.39 is 0 Å². The van der Waals surface area contributed by atoms with Crippen LogP contribution in [0.3, 0.4) is 0 Å². The van der Waals surface area contributed by atoms with Gasteiger partial charge in [-0.25, -0.2) is 0 Å². The molecule has 0 unspecified atom stereocenters. The molecule has 0 bridgehead atoms. The van der Waals surface area contributed by atoms with E-state index in [4.69, 9.17) is 8.83 Å². The molecule has 27 heavy (non-hydrogen) atoms. The zero-order valence-electron chi connectivity index (χ0n) is 15.0. The molecular weight excluding hydrogens is 344 g/mol. The number of rotatable bonds is 8. The summed E-state index contributed by atoms with van der Waals surface area (Å²) in [5.74, 6) is 1.40. The van der Waals surface area contributed by atoms with E-state index in [0.717, 1.165) is 23.9 Å². The molecule has 1 aromatic carbocycles. The lowest BCUT2D eigenvalue weighted by atomic mass is 10.1. The number of aromatic nitrogens is 3. The molecule has 4 rings (SSSR count). The van der Waals surface area contributed by atoms with Crippen LogP contribution in [-0.4, -0.2) is 39.0 Å². The molecule has 0 radical (unpaired) electrons. The minimum atomic E-state index is 0.0617. The fraction of sp³-hybridized carbons (Fsp3) is 0.250. The average molecular weight is 364 g/mol. The SMILES string of the molecule is CCCN(CC(=O)c1c[nH]c2ccccc12)Cc1nnc(-c2ccco2)o1. The fourth-order valence-electron chi connectivity index (χ4n) is 3.13. The van der Waals surface area contributed by atoms with Crippen molar-refractivity contribution in [2.75, 3.05) is 13.1 Å². The molecule has 0 saturated carbocycles. The Bertz CT molecular complexity index is 1030. The molecule has 7 nitrogen and oxygen atoms in total. The van der Waals surface area contributed by atoms with Gasteiger partial charge in [0, 0.05) is 22.7 Å². The molecule has 3 aromatic heterocycles. The first-order valence-corrected chi connectivity index (χ1v) is 8.92. The van der Waals surface area contributed by atoms with Gasteiger partial charge in [-0.1, -0.05) is 25.1 Å². The van der Waals surface area contributed by atoms with Crippen LogP contribution in [0, 0.1) is 0 Å². The van der Waals surface area contributed by atoms with Crippen molar-refractivity contribution >= 4 is 16.7 Å². The molecule has 0 saturated heterocycles. The number of Topliss-reactive ketones (excluding diaryl/α,β-unsaturated/α-hetero) is 1. The summed E-state index contributed by atoms with van der Waals surface area (Å²) in [6.45, 7) is 3.53. The van der Waals surface area contributed by atoms with Gasteiger partial charge in [0.2, 0.25) is 5.89 Å². The number of H-pyrrole nitrogens is 1. The molecule has 0 aliphatic rings. The monoisotopic (exact) mass is 364 g/mol. The van der Waals surface area contributed by atoms with Gasteiger partial charge >= 0.3 is 0 Å². The molecular formula is C20H20N4O3. The summed E-state index contributed by atoms with van der Waals surface area (Å²) in [5, 5.41) is 9.03. The standard InChI is InChI=1S/C20H20N4O3/c1-2-9-24(13-19-22-23-20(27-19)18-8-5-10-26-18)12-17(25)15-11-21-16-7-4-3-6-14(15)16/h3-8,10-11,21H,2,9,12-13H2,1H3. The van der Waals surface area contributed by atoms with Crippen molar-refractivity contribution in [2.24, 2.45) is 0 Å². The van der Waals surface area contributed by atoms with Gasteiger partial charge in [0.25, 0.3) is 5.89 Å². The van der Waals surface area contributed by atoms with E-state index in [9.17, 15) is 4.79 Å². The molecule has 0 spiro atoms. The summed E-state index contributed by atoms with van der Waals surface area (Å²) in [5.41, 5.74) is 1.66. The number of para-hydroxylation sites is 1. The van der Waals surface area contributed by atoms with Crippen molar-refractivity contribution in [3.05, 3.63) is 60.3 Å². The predicted octanol–water partition coefficient (Wildman–Crippen LogP) is 3.91. The van der Waals surface area contributed by atoms with Gasteiger partial charge in [0.05, 0.1) is 19.4 Å². The lowest BCUT2D eigenvalue weighted by Gasteiger charge is -2.18. The Morgan fingerprint density at radius 2 is 2.07 bits per heavy atom. The number of carbonyl (C=O) groups is 1. The second kappa shape index (κ2) is 7.59. The number of nitrogens with zero attached hydrogens (tertiary/aromatic N) is 3. The number of furan rings is 1. The molecule has 0 aliphatic carbocycles. The normalized spacial score (nSPS) is 11.5. The molecule has 1 N–H and O–H groups in total. The second-order valence-electron chi connectivity index (χ2n) is 6.36. The lowest BCUT2D eigenvalue weighted by molar-refractivity contribution is 0.0921. The highest BCUT2D eigenvalue weighted by atomic mass is 16.4. The number of carbonyl (C=O) groups excluding carboxylic acids is 1. The number of hydrogen-bond donors (Lipinski definition) is 1. The van der Waals surface area contributed by atoms with Crippen LogP contribution in [0.5, 0.6) is 0 Å². The third kappa shape index (κ3) is 3.68. The highest BCUT2D eigenvalue weighted by Gasteiger charge is 2.19. The van der Waals surface area contributed by atoms with Crippen LogP contribution in [0.15, 0.2) is 57.7 Å². The molecule has 4 aromatic rings. The maximum atomic E-state index is 12.8. The number of hydrogen-bond acceptors (Lipinski definition) is 6. The highest BCUT2D eigenvalue weighted by Crippen LogP contribution is 2.20. The van der Waals surface area contributed by atoms with E-state index in [0.29, 0.717) is 29.6 Å². The van der Waals surface area contributed by atoms with Crippen LogP contribution in [0.1, 0.15) is 29.6 Å². The molecule has 3 heterocycles. The average Bonchev–Trinajstić information content (AvgIpc) is 3.41. The smallest absolute Gasteiger partial charge is 0.283 e. The van der Waals surface area contributed by atoms with Gasteiger partial charge in [-0.2, -0.15) is 0 Å². The van der Waals surface area contributed by atoms with E-state index in [-0.39, 0.29) is 12.3 Å². The van der Waals surface area contributed by atoms with Gasteiger partial charge in [0.1, 0.15) is 0 Å². The first kappa shape index (κ1) is 17.2. The Hall–Kier alpha value is -3.19. The lowest BCUT2D eigenvalue weighted by Crippen LogP contribution is -2.30. The van der Waals surface area contributed by atoms with Gasteiger partial charge in [-0.05, 0) is 31.2 Å². The Kier molecular flexibility index (Phi) is 4.84. The molecule has 0 fully saturated rings. The van der Waals surface area contributed by atoms with E-state index in [1.807, 2.05) is 29.2 Å². The summed E-state index contributed by atoms with van der Waals surface area (Å²) in [6.07, 6.45) is 4.25. The Labute approximate surface area is 156 Å². The van der Waals surface area contributed by atoms with Gasteiger partial charge < -0.3 is 13.8 Å². The number of benzene rings is 1. The van der Waals surface area contributed by atoms with Crippen molar-refractivity contribution in [1.82, 2.24) is 20.1 Å². The van der Waals surface area contributed by atoms with Crippen molar-refractivity contribution in [3.63, 3.8) is 0 Å². The van der Waals surface area contributed by atoms with E-state index in [1.165, 1.54) is 0 Å². The fourth-order valence-corrected chi connectivity index (χ4v) is 3.13. The number of nitrogens with one attached hydrogen (secondary N) is 1. The van der Waals surface area contributed by atoms with Crippen LogP contribution in [0.4, 0.5) is 0 Å². The molecule has 0 amide bonds. The maximum absolute atomic E-state index is 12.8. The van der Waals surface area contributed by atoms with Crippen LogP contribution in [0.25, 0.3) is 22.6 Å². The van der Waals surface area contributed by atoms with E-state index in [1.54, 1.807) is 24.6 Å². The predicted molar refractivity (Wildman–Crippen MR) is 100 cm³/mol. The van der Waals surface area contributed by atoms with Crippen LogP contribution in [-0.2, 0) is 6.54 Å². The van der Waals surface area contributed by atoms with E-state index >= 15 is 0 Å². The molecule has 7 heteroatoms. The number of fused-ring (bicyclic) bond motifs is 1. The zero-order chi connectivity index (χ0) is 18.6. The third-order valence-corrected chi connectivity index (χ3v) is 4.35. The summed E-state index contributed by atoms with van der Waals surface area (Å²) in [4.78, 5) is 18.0. The topological polar surface area (TPSA) is 88.2 Å². The summed E-state index contributed by atoms with van der Waals surface area (Å²) < 4.78 is 10.9. The number of ketones is 1. The maximum Gasteiger partial charge on any atom is 0.283 e. The van der Waals surface area contributed by atoms with Crippen molar-refractivity contribution in [2.45, 2.75) is 19.9 Å². The van der Waals surface area contributed by atoms with Crippen molar-refractivity contribution in [1.29, 1.82) is 0 Å². The Morgan fingerprint density at radius 3 is 2.89 bits per heavy atom. The summed E-state index contributed by atoms with van der Waals surface area (Å²) >= 11 is 0. The first-order valence-electron chi connectivity index (χ1n) is 8.92. The Morgan fingerprint density at radius 1 is 1.19 bits per heavy atom. The quantitative estimate of drug-likeness (QED) is 0.477. The van der Waals surface area contributed by atoms with Gasteiger partial charge in [0.15, 0.2) is 11.5 Å². The molecule has 138 valence electrons. The molecule has 0 aliphatic heterocycles. The minimum Gasteiger partial charge on any atom is -0.459 e. The highest BCUT2D eigenvalue weighted by molar-refractivity contribution is 6.08. The van der Waals surface area contributed by atoms with E-state index in [2.05, 4.69) is 22.1 Å². The van der Waals surface area contributed by atoms with Crippen LogP contribution < -0.4 is 0 Å². The van der Waals surface area contributed by atoms with Gasteiger partial charge in [-0.15, -0.1) is 10.2 Å². The summed E-state index contributed by atoms with van der Waals surface area (Å²) in [6, 6.07) is 11.3. The van der Waals surface area contributed by atoms with Gasteiger partial charge in [-0.3, -0.25) is 9.69 Å². The number of aromatic amines is 1. The zero-order valence-corrected chi connectivity index (χ0v) is 15.0. The van der Waals surface area contributed by atoms with Crippen molar-refractivity contribution in [3.8, 4) is 11.7 Å². The Balaban J connectivity index is 1.48. The molecule has 0 atom stereocenters. The summed E-state index contributed by atoms with van der Waals surface area (Å²) in [7, 11) is 0. The minimum absolute atomic E-state index is 0.0617. The second-order valence-corrected chi connectivity index (χ2v) is 6.36. The first-order chi connectivity index (χ1) is 13.2. The largest absolute Gasteiger partial charge is 0.459 e. The van der Waals surface area contributed by atoms with Crippen LogP contribution >= 0.6 is 0 Å². The third-order valence-electron chi connectivity index (χ3n) is 4.35.